The van der Waals surface area contributed by atoms with Crippen LogP contribution in [0.2, 0.25) is 0 Å². The number of fused-ring (bicyclic) bond motifs is 2. The fourth-order valence-electron chi connectivity index (χ4n) is 8.83. The molecule has 6 aromatic carbocycles. The van der Waals surface area contributed by atoms with Crippen molar-refractivity contribution in [1.29, 1.82) is 0 Å². The standard InChI is InChI=1S/C18H14BrS.C14H30O3S.C10H16O4S.3C6H6S.C3H5F3O.CH4O3S.FHO3S/c19-15-11-13-18(14-12-15)20(16-7-3-1-4-8-16)17-9-5-2-6-10-17;1-2-3-4-5-6-7-8-9-10-11-12-13-14-18(15,16)17;1-9(2)7-3-4-10(9,8(11)5-7)6-15-14-13-12;3*7-6-4-2-1-3-5-6;1-7-3(5,6)2-4;2*1-5(2,3)4/h1-14H;2-14H2,1H3,(H,15,16,17);7,12H,3-6H2,1-2H3;3*1-5,7H;2H2,1H3;1H3,(H,2,3,4);(H,2,3,4)/q+1;;;;;;;;/p-1. The van der Waals surface area contributed by atoms with Gasteiger partial charge in [0.15, 0.2) is 21.4 Å². The van der Waals surface area contributed by atoms with E-state index in [1.807, 2.05) is 91.0 Å². The summed E-state index contributed by atoms with van der Waals surface area (Å²) in [7, 11) is -12.6. The maximum absolute atomic E-state index is 12.0. The summed E-state index contributed by atoms with van der Waals surface area (Å²) in [5.74, 6) is 1.16. The molecule has 0 amide bonds. The van der Waals surface area contributed by atoms with Crippen LogP contribution >= 0.6 is 28.0 Å². The summed E-state index contributed by atoms with van der Waals surface area (Å²) in [6, 6.07) is 59.9. The Hall–Kier alpha value is -3.49. The van der Waals surface area contributed by atoms with Crippen molar-refractivity contribution in [3.05, 3.63) is 180 Å². The number of ether oxygens (including phenoxy) is 1. The molecule has 0 heterocycles. The molecule has 2 unspecified atom stereocenters. The molecule has 2 aliphatic carbocycles. The molecule has 27 heteroatoms. The Morgan fingerprint density at radius 3 is 1.20 bits per heavy atom. The zero-order valence-electron chi connectivity index (χ0n) is 51.7. The Bertz CT molecular complexity index is 2960. The minimum atomic E-state index is -5.42. The van der Waals surface area contributed by atoms with E-state index in [1.54, 1.807) is 0 Å². The van der Waals surface area contributed by atoms with Crippen molar-refractivity contribution in [3.8, 4) is 0 Å². The highest BCUT2D eigenvalue weighted by Gasteiger charge is 2.64. The maximum atomic E-state index is 12.0. The van der Waals surface area contributed by atoms with Gasteiger partial charge in [-0.1, -0.05) is 198 Å². The number of rotatable bonds is 22. The van der Waals surface area contributed by atoms with Gasteiger partial charge in [-0.2, -0.15) is 13.1 Å². The topological polar surface area (TPSA) is 239 Å². The summed E-state index contributed by atoms with van der Waals surface area (Å²) in [5, 5.41) is 13.0. The first kappa shape index (κ1) is 87.5. The molecule has 0 radical (unpaired) electrons. The van der Waals surface area contributed by atoms with E-state index in [-0.39, 0.29) is 27.5 Å². The normalized spacial score (nSPS) is 15.1. The number of Topliss-reactive ketones (excluding diaryl/α,β-unsaturated/α-hetero) is 1. The Balaban J connectivity index is 0.00000105. The Labute approximate surface area is 570 Å². The van der Waals surface area contributed by atoms with E-state index in [0.717, 1.165) is 64.0 Å². The van der Waals surface area contributed by atoms with E-state index in [4.69, 9.17) is 25.9 Å². The molecule has 8 rings (SSSR count). The van der Waals surface area contributed by atoms with Crippen LogP contribution in [0, 0.1) is 16.7 Å². The summed E-state index contributed by atoms with van der Waals surface area (Å²) in [4.78, 5) is 19.4. The van der Waals surface area contributed by atoms with E-state index >= 15 is 0 Å². The lowest BCUT2D eigenvalue weighted by molar-refractivity contribution is -0.777. The first-order valence-electron chi connectivity index (χ1n) is 28.8. The highest BCUT2D eigenvalue weighted by Crippen LogP contribution is 2.64. The lowest BCUT2D eigenvalue weighted by Crippen LogP contribution is -2.38. The van der Waals surface area contributed by atoms with Gasteiger partial charge >= 0.3 is 6.11 Å². The van der Waals surface area contributed by atoms with Gasteiger partial charge in [-0.3, -0.25) is 9.83 Å². The van der Waals surface area contributed by atoms with Gasteiger partial charge in [0.2, 0.25) is 0 Å². The molecule has 6 aromatic rings. The maximum Gasteiger partial charge on any atom is 0.383 e. The Morgan fingerprint density at radius 1 is 0.615 bits per heavy atom. The molecule has 510 valence electrons. The third-order valence-corrected chi connectivity index (χ3v) is 18.9. The lowest BCUT2D eigenvalue weighted by atomic mass is 9.70. The average Bonchev–Trinajstić information content (AvgIpc) is 1.56. The number of hydrogen-bond donors (Lipinski definition) is 0. The monoisotopic (exact) mass is 1490 g/mol. The first-order chi connectivity index (χ1) is 42.8. The summed E-state index contributed by atoms with van der Waals surface area (Å²) in [5.41, 5.74) is -0.274. The molecule has 2 saturated carbocycles. The van der Waals surface area contributed by atoms with Crippen LogP contribution < -0.4 is 5.26 Å². The summed E-state index contributed by atoms with van der Waals surface area (Å²) >= 11 is 14.5. The number of hydrogen-bond acceptors (Lipinski definition) is 15. The highest BCUT2D eigenvalue weighted by molar-refractivity contribution is 9.10. The average molecular weight is 1490 g/mol. The van der Waals surface area contributed by atoms with Crippen molar-refractivity contribution in [2.24, 2.45) is 16.7 Å². The second-order valence-corrected chi connectivity index (χ2v) is 29.8. The van der Waals surface area contributed by atoms with Crippen LogP contribution in [0.25, 0.3) is 0 Å². The van der Waals surface area contributed by atoms with Crippen LogP contribution in [0.5, 0.6) is 0 Å². The van der Waals surface area contributed by atoms with Gasteiger partial charge in [-0.25, -0.2) is 29.6 Å². The molecule has 2 fully saturated rings. The predicted molar refractivity (Wildman–Crippen MR) is 367 cm³/mol. The molecule has 91 heavy (non-hydrogen) atoms. The molecular weight excluding hydrogens is 1410 g/mol. The van der Waals surface area contributed by atoms with Crippen molar-refractivity contribution >= 4 is 113 Å². The second kappa shape index (κ2) is 49.1. The van der Waals surface area contributed by atoms with Gasteiger partial charge in [-0.15, -0.1) is 3.89 Å². The number of halogens is 5. The van der Waals surface area contributed by atoms with Gasteiger partial charge in [-0.05, 0) is 153 Å². The van der Waals surface area contributed by atoms with Gasteiger partial charge in [0.05, 0.1) is 31.1 Å². The third-order valence-electron chi connectivity index (χ3n) is 13.6. The van der Waals surface area contributed by atoms with Crippen LogP contribution in [0.3, 0.4) is 0 Å². The smallest absolute Gasteiger partial charge is 0.383 e. The Kier molecular flexibility index (Phi) is 47.2. The van der Waals surface area contributed by atoms with Crippen LogP contribution in [0.4, 0.5) is 17.1 Å². The van der Waals surface area contributed by atoms with Crippen LogP contribution in [-0.4, -0.2) is 82.3 Å². The van der Waals surface area contributed by atoms with E-state index in [0.29, 0.717) is 36.6 Å². The van der Waals surface area contributed by atoms with Crippen LogP contribution in [0.15, 0.2) is 210 Å². The largest absolute Gasteiger partial charge is 0.748 e. The third kappa shape index (κ3) is 45.5. The summed E-state index contributed by atoms with van der Waals surface area (Å²) < 4.78 is 136. The second-order valence-electron chi connectivity index (χ2n) is 20.8. The number of benzene rings is 6. The summed E-state index contributed by atoms with van der Waals surface area (Å²) in [6.45, 7) is 4.77. The zero-order valence-corrected chi connectivity index (χ0v) is 60.4. The number of unbranched alkanes of at least 4 members (excludes halogenated alkanes) is 11. The zero-order chi connectivity index (χ0) is 68.8. The van der Waals surface area contributed by atoms with E-state index < -0.39 is 43.5 Å². The van der Waals surface area contributed by atoms with E-state index in [2.05, 4.69) is 174 Å². The summed E-state index contributed by atoms with van der Waals surface area (Å²) in [6.07, 6.45) is 14.0. The number of ketones is 1. The van der Waals surface area contributed by atoms with Crippen LogP contribution in [0.1, 0.15) is 117 Å². The molecule has 0 N–H and O–H groups in total. The SMILES string of the molecule is Brc1ccc([S+](c2ccccc2)c2ccccc2)cc1.CC1(C)C2CCC1(CSOO[O-])C(=O)C2.CCCCCCCCCCCCCCS(=O)(=O)[O-].COC(F)(F)CF.CS(=O)(=O)[O-].O=S(=O)([O-])F.[SH2+]c1ccccc1.[SH2+]c1ccccc1.[SH2+]c1ccccc1. The molecule has 0 spiro atoms. The number of carbonyl (C=O) groups is 1. The van der Waals surface area contributed by atoms with Crippen molar-refractivity contribution < 1.29 is 80.1 Å². The molecule has 0 saturated heterocycles. The van der Waals surface area contributed by atoms with Gasteiger partial charge in [0.1, 0.15) is 20.5 Å². The number of alkyl halides is 3. The molecule has 0 aromatic heterocycles. The fraction of sp³-hybridized carbons (Fsp3) is 0.422. The van der Waals surface area contributed by atoms with Crippen molar-refractivity contribution in [1.82, 2.24) is 0 Å². The number of carbonyl (C=O) groups excluding carboxylic acids is 1. The molecule has 2 atom stereocenters. The quantitative estimate of drug-likeness (QED) is 0.00897. The van der Waals surface area contributed by atoms with Crippen molar-refractivity contribution in [3.63, 3.8) is 0 Å². The molecule has 2 bridgehead atoms. The minimum Gasteiger partial charge on any atom is -0.748 e. The minimum absolute atomic E-state index is 0.0311. The first-order valence-corrected chi connectivity index (χ1v) is 37.9. The van der Waals surface area contributed by atoms with E-state index in [1.165, 1.54) is 72.5 Å². The predicted octanol–water partition coefficient (Wildman–Crippen LogP) is 14.0. The molecule has 2 aliphatic rings. The van der Waals surface area contributed by atoms with Gasteiger partial charge < -0.3 is 23.7 Å². The molecule has 0 aliphatic heterocycles. The van der Waals surface area contributed by atoms with Gasteiger partial charge in [0.25, 0.3) is 10.5 Å². The number of methoxy groups -OCH3 is 1. The Morgan fingerprint density at radius 2 is 0.945 bits per heavy atom. The molecular formula is C64H87BrF4O14S8. The van der Waals surface area contributed by atoms with Crippen LogP contribution in [-0.2, 0) is 98.4 Å². The van der Waals surface area contributed by atoms with E-state index in [9.17, 15) is 40.1 Å². The lowest BCUT2D eigenvalue weighted by Gasteiger charge is -2.35. The molecule has 14 nitrogen and oxygen atoms in total. The van der Waals surface area contributed by atoms with Gasteiger partial charge in [0, 0.05) is 53.2 Å². The van der Waals surface area contributed by atoms with Crippen molar-refractivity contribution in [2.45, 2.75) is 153 Å². The fourth-order valence-corrected chi connectivity index (χ4v) is 13.3. The van der Waals surface area contributed by atoms with Crippen molar-refractivity contribution in [2.75, 3.05) is 31.5 Å². The highest BCUT2D eigenvalue weighted by atomic mass is 79.9.